The Morgan fingerprint density at radius 1 is 1.04 bits per heavy atom. The first-order chi connectivity index (χ1) is 13.5. The molecule has 4 amide bonds. The largest absolute Gasteiger partial charge is 0.348 e. The van der Waals surface area contributed by atoms with Gasteiger partial charge in [0.05, 0.1) is 13.1 Å². The van der Waals surface area contributed by atoms with Crippen LogP contribution in [0, 0.1) is 0 Å². The number of amides is 4. The predicted octanol–water partition coefficient (Wildman–Crippen LogP) is 1.73. The Balaban J connectivity index is 1.72. The molecule has 2 N–H and O–H groups in total. The van der Waals surface area contributed by atoms with Gasteiger partial charge in [0, 0.05) is 18.7 Å². The lowest BCUT2D eigenvalue weighted by Gasteiger charge is -2.17. The van der Waals surface area contributed by atoms with Gasteiger partial charge in [-0.3, -0.25) is 14.5 Å². The third-order valence-electron chi connectivity index (χ3n) is 4.57. The molecule has 0 unspecified atom stereocenters. The van der Waals surface area contributed by atoms with Crippen LogP contribution in [-0.2, 0) is 24.4 Å². The van der Waals surface area contributed by atoms with E-state index in [-0.39, 0.29) is 24.9 Å². The minimum absolute atomic E-state index is 0.00411. The van der Waals surface area contributed by atoms with Gasteiger partial charge in [0.15, 0.2) is 0 Å². The molecule has 3 rings (SSSR count). The van der Waals surface area contributed by atoms with Crippen LogP contribution in [0.25, 0.3) is 0 Å². The predicted molar refractivity (Wildman–Crippen MR) is 105 cm³/mol. The molecule has 1 saturated heterocycles. The van der Waals surface area contributed by atoms with Gasteiger partial charge in [-0.15, -0.1) is 0 Å². The Bertz CT molecular complexity index is 879. The van der Waals surface area contributed by atoms with Crippen LogP contribution in [0.1, 0.15) is 27.0 Å². The maximum Gasteiger partial charge on any atom is 0.324 e. The number of benzene rings is 2. The molecule has 2 aromatic carbocycles. The average Bonchev–Trinajstić information content (AvgIpc) is 2.99. The Hall–Kier alpha value is -3.19. The molecule has 7 heteroatoms. The van der Waals surface area contributed by atoms with E-state index in [4.69, 9.17) is 0 Å². The second-order valence-corrected chi connectivity index (χ2v) is 6.98. The lowest BCUT2D eigenvalue weighted by Crippen LogP contribution is -2.32. The summed E-state index contributed by atoms with van der Waals surface area (Å²) in [6.45, 7) is 1.26. The number of imide groups is 1. The van der Waals surface area contributed by atoms with E-state index >= 15 is 0 Å². The smallest absolute Gasteiger partial charge is 0.324 e. The first-order valence-corrected chi connectivity index (χ1v) is 9.11. The summed E-state index contributed by atoms with van der Waals surface area (Å²) in [7, 11) is 4.00. The molecule has 0 aromatic heterocycles. The van der Waals surface area contributed by atoms with Crippen molar-refractivity contribution in [3.05, 3.63) is 70.8 Å². The van der Waals surface area contributed by atoms with Crippen LogP contribution in [0.15, 0.2) is 48.5 Å². The van der Waals surface area contributed by atoms with Crippen LogP contribution in [0.5, 0.6) is 0 Å². The number of rotatable bonds is 7. The molecule has 0 aliphatic carbocycles. The van der Waals surface area contributed by atoms with Gasteiger partial charge in [-0.2, -0.15) is 0 Å². The lowest BCUT2D eigenvalue weighted by molar-refractivity contribution is -0.125. The van der Waals surface area contributed by atoms with Crippen molar-refractivity contribution in [1.29, 1.82) is 0 Å². The van der Waals surface area contributed by atoms with Crippen LogP contribution in [0.4, 0.5) is 4.79 Å². The first kappa shape index (κ1) is 19.6. The molecule has 2 aromatic rings. The minimum atomic E-state index is -0.433. The van der Waals surface area contributed by atoms with Crippen molar-refractivity contribution in [1.82, 2.24) is 20.4 Å². The van der Waals surface area contributed by atoms with Crippen molar-refractivity contribution < 1.29 is 14.4 Å². The van der Waals surface area contributed by atoms with Crippen molar-refractivity contribution in [3.63, 3.8) is 0 Å². The fourth-order valence-electron chi connectivity index (χ4n) is 3.16. The van der Waals surface area contributed by atoms with Gasteiger partial charge in [-0.1, -0.05) is 42.5 Å². The van der Waals surface area contributed by atoms with Crippen molar-refractivity contribution in [2.45, 2.75) is 19.6 Å². The van der Waals surface area contributed by atoms with Crippen molar-refractivity contribution in [2.75, 3.05) is 20.6 Å². The molecule has 7 nitrogen and oxygen atoms in total. The number of nitrogens with one attached hydrogen (secondary N) is 2. The molecule has 0 radical (unpaired) electrons. The van der Waals surface area contributed by atoms with E-state index in [9.17, 15) is 14.4 Å². The Kier molecular flexibility index (Phi) is 6.06. The first-order valence-electron chi connectivity index (χ1n) is 9.11. The van der Waals surface area contributed by atoms with Gasteiger partial charge in [0.1, 0.15) is 0 Å². The van der Waals surface area contributed by atoms with Crippen LogP contribution in [-0.4, -0.2) is 48.3 Å². The summed E-state index contributed by atoms with van der Waals surface area (Å²) in [4.78, 5) is 39.6. The highest BCUT2D eigenvalue weighted by Crippen LogP contribution is 2.15. The van der Waals surface area contributed by atoms with Crippen LogP contribution < -0.4 is 10.6 Å². The van der Waals surface area contributed by atoms with E-state index < -0.39 is 6.03 Å². The zero-order valence-electron chi connectivity index (χ0n) is 16.1. The van der Waals surface area contributed by atoms with Crippen molar-refractivity contribution in [3.8, 4) is 0 Å². The third kappa shape index (κ3) is 4.55. The highest BCUT2D eigenvalue weighted by Gasteiger charge is 2.29. The van der Waals surface area contributed by atoms with E-state index in [1.807, 2.05) is 38.4 Å². The zero-order valence-corrected chi connectivity index (χ0v) is 16.1. The maximum atomic E-state index is 12.8. The second kappa shape index (κ2) is 8.67. The third-order valence-corrected chi connectivity index (χ3v) is 4.57. The van der Waals surface area contributed by atoms with Gasteiger partial charge in [-0.05, 0) is 36.9 Å². The molecule has 0 saturated carbocycles. The zero-order chi connectivity index (χ0) is 20.1. The number of hydrogen-bond acceptors (Lipinski definition) is 4. The van der Waals surface area contributed by atoms with E-state index in [1.165, 1.54) is 0 Å². The van der Waals surface area contributed by atoms with Crippen LogP contribution >= 0.6 is 0 Å². The van der Waals surface area contributed by atoms with Gasteiger partial charge >= 0.3 is 6.03 Å². The maximum absolute atomic E-state index is 12.8. The highest BCUT2D eigenvalue weighted by atomic mass is 16.2. The quantitative estimate of drug-likeness (QED) is 0.717. The second-order valence-electron chi connectivity index (χ2n) is 6.98. The number of carbonyl (C=O) groups is 3. The molecular formula is C21H24N4O3. The molecule has 0 bridgehead atoms. The van der Waals surface area contributed by atoms with Gasteiger partial charge in [0.25, 0.3) is 5.91 Å². The van der Waals surface area contributed by atoms with Crippen LogP contribution in [0.2, 0.25) is 0 Å². The fourth-order valence-corrected chi connectivity index (χ4v) is 3.16. The molecule has 1 aliphatic heterocycles. The number of hydrogen-bond donors (Lipinski definition) is 2. The molecule has 0 spiro atoms. The van der Waals surface area contributed by atoms with E-state index in [0.717, 1.165) is 22.6 Å². The van der Waals surface area contributed by atoms with Crippen molar-refractivity contribution >= 4 is 17.8 Å². The molecule has 1 aliphatic rings. The van der Waals surface area contributed by atoms with Gasteiger partial charge < -0.3 is 15.5 Å². The number of urea groups is 1. The lowest BCUT2D eigenvalue weighted by atomic mass is 10.0. The summed E-state index contributed by atoms with van der Waals surface area (Å²) in [5.41, 5.74) is 3.30. The van der Waals surface area contributed by atoms with Gasteiger partial charge in [0.2, 0.25) is 5.91 Å². The molecular weight excluding hydrogens is 356 g/mol. The molecule has 1 heterocycles. The normalized spacial score (nSPS) is 13.8. The SMILES string of the molecule is CN(C)Cc1ccccc1CNC(=O)c1ccccc1CN1C(=O)CNC1=O. The van der Waals surface area contributed by atoms with E-state index in [2.05, 4.69) is 15.5 Å². The Morgan fingerprint density at radius 2 is 1.68 bits per heavy atom. The number of carbonyl (C=O) groups excluding carboxylic acids is 3. The highest BCUT2D eigenvalue weighted by molar-refractivity contribution is 6.02. The van der Waals surface area contributed by atoms with Gasteiger partial charge in [-0.25, -0.2) is 4.79 Å². The molecule has 1 fully saturated rings. The minimum Gasteiger partial charge on any atom is -0.348 e. The monoisotopic (exact) mass is 380 g/mol. The Labute approximate surface area is 164 Å². The Morgan fingerprint density at radius 3 is 2.32 bits per heavy atom. The summed E-state index contributed by atoms with van der Waals surface area (Å²) in [6, 6.07) is 14.6. The number of nitrogens with zero attached hydrogens (tertiary/aromatic N) is 2. The summed E-state index contributed by atoms with van der Waals surface area (Å²) >= 11 is 0. The van der Waals surface area contributed by atoms with E-state index in [0.29, 0.717) is 17.7 Å². The summed E-state index contributed by atoms with van der Waals surface area (Å²) in [5, 5.41) is 5.44. The average molecular weight is 380 g/mol. The van der Waals surface area contributed by atoms with Crippen molar-refractivity contribution in [2.24, 2.45) is 0 Å². The molecule has 146 valence electrons. The molecule has 28 heavy (non-hydrogen) atoms. The summed E-state index contributed by atoms with van der Waals surface area (Å²) in [6.07, 6.45) is 0. The topological polar surface area (TPSA) is 81.8 Å². The molecule has 0 atom stereocenters. The summed E-state index contributed by atoms with van der Waals surface area (Å²) in [5.74, 6) is -0.528. The van der Waals surface area contributed by atoms with Crippen LogP contribution in [0.3, 0.4) is 0 Å². The standard InChI is InChI=1S/C21H24N4O3/c1-24(2)13-16-8-4-3-7-15(16)11-22-20(27)18-10-6-5-9-17(18)14-25-19(26)12-23-21(25)28/h3-10H,11-14H2,1-2H3,(H,22,27)(H,23,28). The fraction of sp³-hybridized carbons (Fsp3) is 0.286. The van der Waals surface area contributed by atoms with E-state index in [1.54, 1.807) is 24.3 Å². The summed E-state index contributed by atoms with van der Waals surface area (Å²) < 4.78 is 0.